The van der Waals surface area contributed by atoms with Crippen LogP contribution in [0.3, 0.4) is 0 Å². The summed E-state index contributed by atoms with van der Waals surface area (Å²) in [5, 5.41) is 0. The van der Waals surface area contributed by atoms with E-state index in [-0.39, 0.29) is 5.69 Å². The number of rotatable bonds is 5. The predicted octanol–water partition coefficient (Wildman–Crippen LogP) is 1.21. The van der Waals surface area contributed by atoms with Crippen molar-refractivity contribution in [2.24, 2.45) is 0 Å². The summed E-state index contributed by atoms with van der Waals surface area (Å²) in [6.07, 6.45) is 0. The van der Waals surface area contributed by atoms with Gasteiger partial charge in [-0.1, -0.05) is 13.8 Å². The van der Waals surface area contributed by atoms with Crippen molar-refractivity contribution in [3.63, 3.8) is 0 Å². The zero-order valence-corrected chi connectivity index (χ0v) is 10.6. The summed E-state index contributed by atoms with van der Waals surface area (Å²) in [4.78, 5) is 20.4. The molecule has 2 aromatic rings. The summed E-state index contributed by atoms with van der Waals surface area (Å²) < 4.78 is 14.6. The highest BCUT2D eigenvalue weighted by molar-refractivity contribution is 5.70. The van der Waals surface area contributed by atoms with Gasteiger partial charge in [-0.05, 0) is 25.2 Å². The van der Waals surface area contributed by atoms with Gasteiger partial charge in [0.15, 0.2) is 5.65 Å². The Bertz CT molecular complexity index is 585. The number of aromatic nitrogens is 3. The van der Waals surface area contributed by atoms with Crippen molar-refractivity contribution in [3.8, 4) is 0 Å². The van der Waals surface area contributed by atoms with Crippen molar-refractivity contribution in [3.05, 3.63) is 28.6 Å². The maximum absolute atomic E-state index is 13.1. The molecule has 6 heteroatoms. The Kier molecular flexibility index (Phi) is 3.76. The van der Waals surface area contributed by atoms with Crippen LogP contribution in [0.5, 0.6) is 0 Å². The van der Waals surface area contributed by atoms with E-state index in [1.807, 2.05) is 0 Å². The van der Waals surface area contributed by atoms with Crippen molar-refractivity contribution < 1.29 is 4.39 Å². The van der Waals surface area contributed by atoms with Crippen molar-refractivity contribution in [2.75, 3.05) is 19.6 Å². The normalized spacial score (nSPS) is 11.6. The van der Waals surface area contributed by atoms with Crippen LogP contribution in [-0.4, -0.2) is 39.1 Å². The lowest BCUT2D eigenvalue weighted by molar-refractivity contribution is 0.290. The van der Waals surface area contributed by atoms with Gasteiger partial charge in [0.1, 0.15) is 0 Å². The van der Waals surface area contributed by atoms with Crippen molar-refractivity contribution in [1.82, 2.24) is 19.4 Å². The number of fused-ring (bicyclic) bond motifs is 1. The zero-order chi connectivity index (χ0) is 13.1. The van der Waals surface area contributed by atoms with E-state index in [9.17, 15) is 9.18 Å². The maximum Gasteiger partial charge on any atom is 0.327 e. The average molecular weight is 252 g/mol. The van der Waals surface area contributed by atoms with Crippen LogP contribution in [0.25, 0.3) is 11.2 Å². The van der Waals surface area contributed by atoms with Gasteiger partial charge in [-0.25, -0.2) is 4.79 Å². The number of hydrogen-bond acceptors (Lipinski definition) is 3. The summed E-state index contributed by atoms with van der Waals surface area (Å²) in [5.74, 6) is -0.571. The minimum atomic E-state index is -0.571. The third kappa shape index (κ3) is 2.43. The third-order valence-corrected chi connectivity index (χ3v) is 3.12. The quantitative estimate of drug-likeness (QED) is 0.814. The topological polar surface area (TPSA) is 53.9 Å². The van der Waals surface area contributed by atoms with Crippen LogP contribution in [-0.2, 0) is 6.54 Å². The molecule has 0 radical (unpaired) electrons. The van der Waals surface area contributed by atoms with E-state index in [4.69, 9.17) is 0 Å². The number of aromatic amines is 1. The lowest BCUT2D eigenvalue weighted by atomic mass is 10.4. The minimum Gasteiger partial charge on any atom is -0.304 e. The van der Waals surface area contributed by atoms with E-state index in [0.29, 0.717) is 17.7 Å². The molecule has 0 aromatic carbocycles. The molecule has 5 nitrogen and oxygen atoms in total. The molecule has 0 aliphatic rings. The first kappa shape index (κ1) is 12.8. The smallest absolute Gasteiger partial charge is 0.304 e. The van der Waals surface area contributed by atoms with Crippen LogP contribution in [0.15, 0.2) is 16.9 Å². The van der Waals surface area contributed by atoms with Gasteiger partial charge in [0.05, 0.1) is 5.52 Å². The number of nitrogens with one attached hydrogen (secondary N) is 1. The van der Waals surface area contributed by atoms with Crippen LogP contribution in [0.4, 0.5) is 4.39 Å². The molecule has 0 aliphatic carbocycles. The van der Waals surface area contributed by atoms with E-state index in [1.165, 1.54) is 16.7 Å². The molecule has 98 valence electrons. The molecule has 0 spiro atoms. The fraction of sp³-hybridized carbons (Fsp3) is 0.500. The predicted molar refractivity (Wildman–Crippen MR) is 68.1 cm³/mol. The first-order valence-electron chi connectivity index (χ1n) is 6.13. The number of hydrogen-bond donors (Lipinski definition) is 1. The van der Waals surface area contributed by atoms with Crippen LogP contribution in [0, 0.1) is 5.95 Å². The molecular formula is C12H17FN4O. The third-order valence-electron chi connectivity index (χ3n) is 3.12. The molecule has 0 saturated heterocycles. The Morgan fingerprint density at radius 2 is 2.11 bits per heavy atom. The van der Waals surface area contributed by atoms with Crippen molar-refractivity contribution in [2.45, 2.75) is 20.4 Å². The Labute approximate surface area is 104 Å². The second kappa shape index (κ2) is 5.30. The van der Waals surface area contributed by atoms with Gasteiger partial charge in [-0.2, -0.15) is 9.37 Å². The van der Waals surface area contributed by atoms with Gasteiger partial charge < -0.3 is 9.88 Å². The minimum absolute atomic E-state index is 0.241. The molecule has 0 amide bonds. The van der Waals surface area contributed by atoms with E-state index >= 15 is 0 Å². The summed E-state index contributed by atoms with van der Waals surface area (Å²) in [5.41, 5.74) is 0.711. The van der Waals surface area contributed by atoms with E-state index in [1.54, 1.807) is 0 Å². The molecule has 0 fully saturated rings. The molecule has 18 heavy (non-hydrogen) atoms. The fourth-order valence-electron chi connectivity index (χ4n) is 2.00. The second-order valence-electron chi connectivity index (χ2n) is 4.11. The van der Waals surface area contributed by atoms with E-state index in [0.717, 1.165) is 19.6 Å². The van der Waals surface area contributed by atoms with Gasteiger partial charge in [-0.15, -0.1) is 0 Å². The molecular weight excluding hydrogens is 235 g/mol. The Morgan fingerprint density at radius 3 is 2.78 bits per heavy atom. The molecule has 0 atom stereocenters. The highest BCUT2D eigenvalue weighted by Gasteiger charge is 2.09. The van der Waals surface area contributed by atoms with Gasteiger partial charge >= 0.3 is 5.69 Å². The fourth-order valence-corrected chi connectivity index (χ4v) is 2.00. The standard InChI is InChI=1S/C12H17FN4O/c1-3-16(4-2)7-8-17-11-9(14-12(17)18)5-6-10(13)15-11/h5-6H,3-4,7-8H2,1-2H3,(H,14,18). The highest BCUT2D eigenvalue weighted by Crippen LogP contribution is 2.07. The maximum atomic E-state index is 13.1. The molecule has 1 N–H and O–H groups in total. The lowest BCUT2D eigenvalue weighted by Gasteiger charge is -2.17. The number of pyridine rings is 1. The number of halogens is 1. The first-order valence-corrected chi connectivity index (χ1v) is 6.13. The largest absolute Gasteiger partial charge is 0.327 e. The summed E-state index contributed by atoms with van der Waals surface area (Å²) in [6, 6.07) is 2.78. The number of imidazole rings is 1. The lowest BCUT2D eigenvalue weighted by Crippen LogP contribution is -2.30. The molecule has 0 saturated carbocycles. The van der Waals surface area contributed by atoms with Gasteiger partial charge in [-0.3, -0.25) is 4.57 Å². The van der Waals surface area contributed by atoms with E-state index < -0.39 is 5.95 Å². The molecule has 0 aliphatic heterocycles. The van der Waals surface area contributed by atoms with Gasteiger partial charge in [0.2, 0.25) is 5.95 Å². The van der Waals surface area contributed by atoms with Crippen LogP contribution < -0.4 is 5.69 Å². The average Bonchev–Trinajstić information content (AvgIpc) is 2.66. The molecule has 0 bridgehead atoms. The van der Waals surface area contributed by atoms with Crippen molar-refractivity contribution >= 4 is 11.2 Å². The monoisotopic (exact) mass is 252 g/mol. The molecule has 0 unspecified atom stereocenters. The first-order chi connectivity index (χ1) is 8.65. The zero-order valence-electron chi connectivity index (χ0n) is 10.6. The SMILES string of the molecule is CCN(CC)CCn1c(=O)[nH]c2ccc(F)nc21. The van der Waals surface area contributed by atoms with Gasteiger partial charge in [0.25, 0.3) is 0 Å². The van der Waals surface area contributed by atoms with Crippen LogP contribution in [0.1, 0.15) is 13.8 Å². The molecule has 2 aromatic heterocycles. The van der Waals surface area contributed by atoms with Crippen LogP contribution in [0.2, 0.25) is 0 Å². The molecule has 2 rings (SSSR count). The number of likely N-dealkylation sites (N-methyl/N-ethyl adjacent to an activating group) is 1. The Balaban J connectivity index is 2.29. The van der Waals surface area contributed by atoms with Crippen LogP contribution >= 0.6 is 0 Å². The summed E-state index contributed by atoms with van der Waals surface area (Å²) in [6.45, 7) is 7.25. The van der Waals surface area contributed by atoms with Crippen molar-refractivity contribution in [1.29, 1.82) is 0 Å². The number of H-pyrrole nitrogens is 1. The Hall–Kier alpha value is -1.69. The second-order valence-corrected chi connectivity index (χ2v) is 4.11. The number of nitrogens with zero attached hydrogens (tertiary/aromatic N) is 3. The highest BCUT2D eigenvalue weighted by atomic mass is 19.1. The summed E-state index contributed by atoms with van der Waals surface area (Å²) >= 11 is 0. The Morgan fingerprint density at radius 1 is 1.39 bits per heavy atom. The van der Waals surface area contributed by atoms with E-state index in [2.05, 4.69) is 28.7 Å². The molecule has 2 heterocycles. The van der Waals surface area contributed by atoms with Gasteiger partial charge in [0, 0.05) is 13.1 Å². The summed E-state index contributed by atoms with van der Waals surface area (Å²) in [7, 11) is 0.